The van der Waals surface area contributed by atoms with E-state index in [0.29, 0.717) is 31.1 Å². The van der Waals surface area contributed by atoms with E-state index in [4.69, 9.17) is 0 Å². The summed E-state index contributed by atoms with van der Waals surface area (Å²) in [5, 5.41) is 7.93. The first kappa shape index (κ1) is 29.9. The number of amides is 4. The Balaban J connectivity index is 1.36. The normalized spacial score (nSPS) is 16.2. The first-order valence-electron chi connectivity index (χ1n) is 14.1. The van der Waals surface area contributed by atoms with Crippen LogP contribution in [0.1, 0.15) is 62.4 Å². The van der Waals surface area contributed by atoms with Crippen LogP contribution in [0.25, 0.3) is 0 Å². The molecule has 4 amide bonds. The third-order valence-electron chi connectivity index (χ3n) is 7.61. The monoisotopic (exact) mass is 609 g/mol. The minimum Gasteiger partial charge on any atom is -0.341 e. The third kappa shape index (κ3) is 6.73. The van der Waals surface area contributed by atoms with Crippen LogP contribution in [-0.2, 0) is 29.5 Å². The van der Waals surface area contributed by atoms with Crippen molar-refractivity contribution in [1.82, 2.24) is 19.8 Å². The largest absolute Gasteiger partial charge is 0.341 e. The van der Waals surface area contributed by atoms with Gasteiger partial charge < -0.3 is 10.6 Å². The lowest BCUT2D eigenvalue weighted by Crippen LogP contribution is -2.38. The molecule has 0 radical (unpaired) electrons. The van der Waals surface area contributed by atoms with Crippen molar-refractivity contribution in [3.63, 3.8) is 0 Å². The van der Waals surface area contributed by atoms with E-state index in [0.717, 1.165) is 49.2 Å². The summed E-state index contributed by atoms with van der Waals surface area (Å²) >= 11 is 1.32. The van der Waals surface area contributed by atoms with Crippen molar-refractivity contribution in [2.24, 2.45) is 0 Å². The summed E-state index contributed by atoms with van der Waals surface area (Å²) in [4.78, 5) is 41.8. The van der Waals surface area contributed by atoms with Gasteiger partial charge in [0.2, 0.25) is 10.0 Å². The number of nitrogens with one attached hydrogen (secondary N) is 3. The molecule has 0 unspecified atom stereocenters. The molecule has 1 aromatic heterocycles. The highest BCUT2D eigenvalue weighted by atomic mass is 32.2. The minimum atomic E-state index is -3.64. The SMILES string of the molecule is CNC(=O)NC(=O)c1c(NC(=O)c2ccc(S(=O)(=O)N3CCCCCC3)cc2)sc2c1CCN(Cc1ccccc1)C2. The number of benzene rings is 2. The van der Waals surface area contributed by atoms with E-state index in [1.807, 2.05) is 18.2 Å². The van der Waals surface area contributed by atoms with Crippen molar-refractivity contribution in [2.45, 2.75) is 50.1 Å². The Labute approximate surface area is 250 Å². The number of imide groups is 1. The number of carbonyl (C=O) groups excluding carboxylic acids is 3. The highest BCUT2D eigenvalue weighted by molar-refractivity contribution is 7.89. The molecule has 222 valence electrons. The summed E-state index contributed by atoms with van der Waals surface area (Å²) in [5.74, 6) is -1.06. The van der Waals surface area contributed by atoms with E-state index in [1.165, 1.54) is 52.5 Å². The van der Waals surface area contributed by atoms with Crippen LogP contribution in [-0.4, -0.2) is 62.2 Å². The van der Waals surface area contributed by atoms with E-state index in [1.54, 1.807) is 0 Å². The second-order valence-corrected chi connectivity index (χ2v) is 13.5. The number of anilines is 1. The molecule has 1 saturated heterocycles. The van der Waals surface area contributed by atoms with Gasteiger partial charge in [-0.25, -0.2) is 13.2 Å². The molecule has 12 heteroatoms. The van der Waals surface area contributed by atoms with Crippen LogP contribution in [0, 0.1) is 0 Å². The zero-order valence-corrected chi connectivity index (χ0v) is 25.2. The second kappa shape index (κ2) is 13.2. The van der Waals surface area contributed by atoms with Gasteiger partial charge in [-0.3, -0.25) is 19.8 Å². The molecule has 3 N–H and O–H groups in total. The maximum Gasteiger partial charge on any atom is 0.321 e. The van der Waals surface area contributed by atoms with Crippen LogP contribution >= 0.6 is 11.3 Å². The van der Waals surface area contributed by atoms with E-state index in [-0.39, 0.29) is 16.0 Å². The second-order valence-electron chi connectivity index (χ2n) is 10.5. The predicted octanol–water partition coefficient (Wildman–Crippen LogP) is 4.19. The molecule has 42 heavy (non-hydrogen) atoms. The van der Waals surface area contributed by atoms with Crippen LogP contribution < -0.4 is 16.0 Å². The number of hydrogen-bond donors (Lipinski definition) is 3. The first-order chi connectivity index (χ1) is 20.3. The van der Waals surface area contributed by atoms with Crippen molar-refractivity contribution in [2.75, 3.05) is 32.0 Å². The number of urea groups is 1. The summed E-state index contributed by atoms with van der Waals surface area (Å²) in [6.45, 7) is 3.08. The summed E-state index contributed by atoms with van der Waals surface area (Å²) in [7, 11) is -2.22. The quantitative estimate of drug-likeness (QED) is 0.369. The average Bonchev–Trinajstić information content (AvgIpc) is 3.14. The Kier molecular flexibility index (Phi) is 9.37. The lowest BCUT2D eigenvalue weighted by molar-refractivity contribution is 0.0964. The van der Waals surface area contributed by atoms with E-state index >= 15 is 0 Å². The van der Waals surface area contributed by atoms with Gasteiger partial charge in [-0.1, -0.05) is 43.2 Å². The zero-order chi connectivity index (χ0) is 29.7. The van der Waals surface area contributed by atoms with Crippen molar-refractivity contribution in [1.29, 1.82) is 0 Å². The average molecular weight is 610 g/mol. The number of rotatable bonds is 7. The van der Waals surface area contributed by atoms with Gasteiger partial charge in [0.05, 0.1) is 10.5 Å². The van der Waals surface area contributed by atoms with Crippen LogP contribution in [0.15, 0.2) is 59.5 Å². The Morgan fingerprint density at radius 2 is 1.57 bits per heavy atom. The van der Waals surface area contributed by atoms with Crippen LogP contribution in [0.5, 0.6) is 0 Å². The number of nitrogens with zero attached hydrogens (tertiary/aromatic N) is 2. The van der Waals surface area contributed by atoms with E-state index in [9.17, 15) is 22.8 Å². The van der Waals surface area contributed by atoms with Crippen molar-refractivity contribution in [3.8, 4) is 0 Å². The molecular weight excluding hydrogens is 574 g/mol. The highest BCUT2D eigenvalue weighted by Crippen LogP contribution is 2.38. The minimum absolute atomic E-state index is 0.150. The fraction of sp³-hybridized carbons (Fsp3) is 0.367. The maximum atomic E-state index is 13.3. The lowest BCUT2D eigenvalue weighted by atomic mass is 10.0. The molecular formula is C30H35N5O5S2. The Morgan fingerprint density at radius 3 is 2.24 bits per heavy atom. The molecule has 10 nitrogen and oxygen atoms in total. The van der Waals surface area contributed by atoms with Gasteiger partial charge in [0.25, 0.3) is 11.8 Å². The molecule has 3 heterocycles. The van der Waals surface area contributed by atoms with Crippen molar-refractivity contribution >= 4 is 44.2 Å². The molecule has 0 saturated carbocycles. The standard InChI is InChI=1S/C30H35N5O5S2/c1-31-30(38)33-28(37)26-24-15-18-34(19-21-9-5-4-6-10-21)20-25(24)41-29(26)32-27(36)22-11-13-23(14-12-22)42(39,40)35-16-7-2-3-8-17-35/h4-6,9-14H,2-3,7-8,15-20H2,1H3,(H,32,36)(H2,31,33,37,38). The maximum absolute atomic E-state index is 13.3. The van der Waals surface area contributed by atoms with Gasteiger partial charge in [-0.15, -0.1) is 11.3 Å². The smallest absolute Gasteiger partial charge is 0.321 e. The topological polar surface area (TPSA) is 128 Å². The molecule has 0 aliphatic carbocycles. The molecule has 0 bridgehead atoms. The van der Waals surface area contributed by atoms with Gasteiger partial charge in [-0.2, -0.15) is 4.31 Å². The van der Waals surface area contributed by atoms with Crippen molar-refractivity contribution in [3.05, 3.63) is 81.7 Å². The Hall–Kier alpha value is -3.58. The fourth-order valence-corrected chi connectivity index (χ4v) is 8.17. The van der Waals surface area contributed by atoms with Gasteiger partial charge in [0.15, 0.2) is 0 Å². The molecule has 2 aromatic carbocycles. The molecule has 0 spiro atoms. The third-order valence-corrected chi connectivity index (χ3v) is 10.7. The van der Waals surface area contributed by atoms with E-state index < -0.39 is 27.9 Å². The van der Waals surface area contributed by atoms with Gasteiger partial charge in [-0.05, 0) is 54.7 Å². The molecule has 0 atom stereocenters. The van der Waals surface area contributed by atoms with Crippen molar-refractivity contribution < 1.29 is 22.8 Å². The fourth-order valence-electron chi connectivity index (χ4n) is 5.37. The molecule has 1 fully saturated rings. The van der Waals surface area contributed by atoms with Crippen LogP contribution in [0.4, 0.5) is 9.80 Å². The van der Waals surface area contributed by atoms with Crippen LogP contribution in [0.3, 0.4) is 0 Å². The van der Waals surface area contributed by atoms with E-state index in [2.05, 4.69) is 33.0 Å². The van der Waals surface area contributed by atoms with Gasteiger partial charge in [0.1, 0.15) is 5.00 Å². The van der Waals surface area contributed by atoms with Gasteiger partial charge in [0, 0.05) is 50.2 Å². The predicted molar refractivity (Wildman–Crippen MR) is 162 cm³/mol. The molecule has 2 aliphatic rings. The summed E-state index contributed by atoms with van der Waals surface area (Å²) in [6, 6.07) is 15.4. The highest BCUT2D eigenvalue weighted by Gasteiger charge is 2.30. The molecule has 3 aromatic rings. The zero-order valence-electron chi connectivity index (χ0n) is 23.5. The number of fused-ring (bicyclic) bond motifs is 1. The summed E-state index contributed by atoms with van der Waals surface area (Å²) in [6.07, 6.45) is 4.31. The van der Waals surface area contributed by atoms with Crippen LogP contribution in [0.2, 0.25) is 0 Å². The van der Waals surface area contributed by atoms with Gasteiger partial charge >= 0.3 is 6.03 Å². The number of thiophene rings is 1. The number of hydrogen-bond acceptors (Lipinski definition) is 7. The summed E-state index contributed by atoms with van der Waals surface area (Å²) < 4.78 is 27.8. The molecule has 2 aliphatic heterocycles. The summed E-state index contributed by atoms with van der Waals surface area (Å²) in [5.41, 5.74) is 2.55. The Morgan fingerprint density at radius 1 is 0.881 bits per heavy atom. The number of carbonyl (C=O) groups is 3. The molecule has 5 rings (SSSR count). The first-order valence-corrected chi connectivity index (χ1v) is 16.4. The lowest BCUT2D eigenvalue weighted by Gasteiger charge is -2.27. The number of sulfonamides is 1. The Bertz CT molecular complexity index is 1550.